The summed E-state index contributed by atoms with van der Waals surface area (Å²) in [6.07, 6.45) is -0.505. The van der Waals surface area contributed by atoms with Crippen LogP contribution in [0.15, 0.2) is 22.7 Å². The van der Waals surface area contributed by atoms with Gasteiger partial charge in [-0.1, -0.05) is 6.07 Å². The Morgan fingerprint density at radius 3 is 2.74 bits per heavy atom. The van der Waals surface area contributed by atoms with E-state index in [0.717, 1.165) is 0 Å². The highest BCUT2D eigenvalue weighted by molar-refractivity contribution is 9.10. The quantitative estimate of drug-likeness (QED) is 0.858. The second-order valence-corrected chi connectivity index (χ2v) is 5.62. The number of rotatable bonds is 4. The smallest absolute Gasteiger partial charge is 0.407 e. The van der Waals surface area contributed by atoms with Gasteiger partial charge in [-0.2, -0.15) is 0 Å². The number of hydrogen-bond donors (Lipinski definition) is 1. The van der Waals surface area contributed by atoms with Gasteiger partial charge in [0, 0.05) is 0 Å². The van der Waals surface area contributed by atoms with Crippen molar-refractivity contribution in [3.05, 3.63) is 28.5 Å². The molecule has 1 rings (SSSR count). The van der Waals surface area contributed by atoms with Crippen LogP contribution in [0, 0.1) is 5.82 Å². The lowest BCUT2D eigenvalue weighted by atomic mass is 10.2. The molecule has 0 atom stereocenters. The summed E-state index contributed by atoms with van der Waals surface area (Å²) in [7, 11) is 0. The Hall–Kier alpha value is -1.30. The summed E-state index contributed by atoms with van der Waals surface area (Å²) < 4.78 is 23.9. The SMILES string of the molecule is CC(C)(C)OC(=O)NCCOc1cccc(F)c1Br. The molecule has 0 aliphatic rings. The monoisotopic (exact) mass is 333 g/mol. The molecule has 0 aliphatic heterocycles. The summed E-state index contributed by atoms with van der Waals surface area (Å²) in [5.74, 6) is 0.00332. The van der Waals surface area contributed by atoms with Crippen LogP contribution in [0.1, 0.15) is 20.8 Å². The number of hydrogen-bond acceptors (Lipinski definition) is 3. The molecule has 0 aromatic heterocycles. The lowest BCUT2D eigenvalue weighted by Crippen LogP contribution is -2.34. The molecule has 0 saturated carbocycles. The summed E-state index contributed by atoms with van der Waals surface area (Å²) in [6.45, 7) is 5.85. The van der Waals surface area contributed by atoms with Gasteiger partial charge in [-0.25, -0.2) is 9.18 Å². The second-order valence-electron chi connectivity index (χ2n) is 4.83. The Morgan fingerprint density at radius 2 is 2.11 bits per heavy atom. The summed E-state index contributed by atoms with van der Waals surface area (Å²) in [5.41, 5.74) is -0.531. The first-order chi connectivity index (χ1) is 8.79. The first-order valence-electron chi connectivity index (χ1n) is 5.83. The van der Waals surface area contributed by atoms with Crippen molar-refractivity contribution < 1.29 is 18.7 Å². The number of ether oxygens (including phenoxy) is 2. The van der Waals surface area contributed by atoms with Crippen LogP contribution in [-0.2, 0) is 4.74 Å². The maximum atomic E-state index is 13.2. The predicted molar refractivity (Wildman–Crippen MR) is 73.8 cm³/mol. The molecule has 4 nitrogen and oxygen atoms in total. The summed E-state index contributed by atoms with van der Waals surface area (Å²) in [5, 5.41) is 2.55. The number of nitrogens with one attached hydrogen (secondary N) is 1. The number of halogens is 2. The zero-order chi connectivity index (χ0) is 14.5. The van der Waals surface area contributed by atoms with Gasteiger partial charge in [-0.05, 0) is 48.8 Å². The molecule has 0 radical (unpaired) electrons. The van der Waals surface area contributed by atoms with Crippen molar-refractivity contribution in [2.24, 2.45) is 0 Å². The number of alkyl carbamates (subject to hydrolysis) is 1. The topological polar surface area (TPSA) is 47.6 Å². The van der Waals surface area contributed by atoms with E-state index in [-0.39, 0.29) is 17.6 Å². The molecule has 0 unspecified atom stereocenters. The minimum atomic E-state index is -0.531. The highest BCUT2D eigenvalue weighted by Gasteiger charge is 2.15. The molecule has 19 heavy (non-hydrogen) atoms. The average Bonchev–Trinajstić information content (AvgIpc) is 2.27. The minimum absolute atomic E-state index is 0.224. The van der Waals surface area contributed by atoms with E-state index in [4.69, 9.17) is 9.47 Å². The van der Waals surface area contributed by atoms with E-state index < -0.39 is 17.5 Å². The molecule has 0 bridgehead atoms. The first kappa shape index (κ1) is 15.8. The van der Waals surface area contributed by atoms with Gasteiger partial charge in [-0.3, -0.25) is 0 Å². The predicted octanol–water partition coefficient (Wildman–Crippen LogP) is 3.49. The van der Waals surface area contributed by atoms with Crippen molar-refractivity contribution in [1.29, 1.82) is 0 Å². The summed E-state index contributed by atoms with van der Waals surface area (Å²) in [4.78, 5) is 11.3. The van der Waals surface area contributed by atoms with Crippen LogP contribution in [0.25, 0.3) is 0 Å². The fraction of sp³-hybridized carbons (Fsp3) is 0.462. The van der Waals surface area contributed by atoms with Crippen LogP contribution in [0.2, 0.25) is 0 Å². The molecule has 1 aromatic rings. The van der Waals surface area contributed by atoms with Crippen molar-refractivity contribution >= 4 is 22.0 Å². The molecule has 0 heterocycles. The largest absolute Gasteiger partial charge is 0.490 e. The molecule has 0 spiro atoms. The van der Waals surface area contributed by atoms with E-state index in [2.05, 4.69) is 21.2 Å². The van der Waals surface area contributed by atoms with Crippen molar-refractivity contribution in [3.8, 4) is 5.75 Å². The molecule has 1 N–H and O–H groups in total. The zero-order valence-corrected chi connectivity index (χ0v) is 12.7. The molecular weight excluding hydrogens is 317 g/mol. The standard InChI is InChI=1S/C13H17BrFNO3/c1-13(2,3)19-12(17)16-7-8-18-10-6-4-5-9(15)11(10)14/h4-6H,7-8H2,1-3H3,(H,16,17). The van der Waals surface area contributed by atoms with Crippen LogP contribution in [-0.4, -0.2) is 24.8 Å². The number of carbonyl (C=O) groups excluding carboxylic acids is 1. The minimum Gasteiger partial charge on any atom is -0.490 e. The third-order valence-electron chi connectivity index (χ3n) is 1.94. The summed E-state index contributed by atoms with van der Waals surface area (Å²) >= 11 is 3.09. The van der Waals surface area contributed by atoms with Crippen molar-refractivity contribution in [3.63, 3.8) is 0 Å². The molecule has 0 saturated heterocycles. The lowest BCUT2D eigenvalue weighted by Gasteiger charge is -2.19. The average molecular weight is 334 g/mol. The molecule has 1 amide bonds. The Bertz CT molecular complexity index is 446. The molecular formula is C13H17BrFNO3. The fourth-order valence-corrected chi connectivity index (χ4v) is 1.60. The van der Waals surface area contributed by atoms with E-state index >= 15 is 0 Å². The molecule has 1 aromatic carbocycles. The highest BCUT2D eigenvalue weighted by atomic mass is 79.9. The van der Waals surface area contributed by atoms with Gasteiger partial charge < -0.3 is 14.8 Å². The van der Waals surface area contributed by atoms with E-state index in [9.17, 15) is 9.18 Å². The Balaban J connectivity index is 2.32. The van der Waals surface area contributed by atoms with Crippen LogP contribution in [0.3, 0.4) is 0 Å². The van der Waals surface area contributed by atoms with Gasteiger partial charge in [0.1, 0.15) is 23.8 Å². The van der Waals surface area contributed by atoms with E-state index in [0.29, 0.717) is 5.75 Å². The maximum Gasteiger partial charge on any atom is 0.407 e. The molecule has 106 valence electrons. The van der Waals surface area contributed by atoms with Gasteiger partial charge in [0.15, 0.2) is 0 Å². The zero-order valence-electron chi connectivity index (χ0n) is 11.1. The first-order valence-corrected chi connectivity index (χ1v) is 6.62. The van der Waals surface area contributed by atoms with Crippen molar-refractivity contribution in [2.75, 3.05) is 13.2 Å². The van der Waals surface area contributed by atoms with Gasteiger partial charge in [-0.15, -0.1) is 0 Å². The van der Waals surface area contributed by atoms with Gasteiger partial charge in [0.25, 0.3) is 0 Å². The summed E-state index contributed by atoms with van der Waals surface area (Å²) in [6, 6.07) is 4.52. The molecule has 0 aliphatic carbocycles. The molecule has 0 fully saturated rings. The Kier molecular flexibility index (Phi) is 5.60. The molecule has 6 heteroatoms. The van der Waals surface area contributed by atoms with Crippen LogP contribution in [0.5, 0.6) is 5.75 Å². The van der Waals surface area contributed by atoms with E-state index in [1.54, 1.807) is 32.9 Å². The second kappa shape index (κ2) is 6.75. The van der Waals surface area contributed by atoms with Crippen LogP contribution < -0.4 is 10.1 Å². The van der Waals surface area contributed by atoms with Crippen molar-refractivity contribution in [1.82, 2.24) is 5.32 Å². The Morgan fingerprint density at radius 1 is 1.42 bits per heavy atom. The Labute approximate surface area is 120 Å². The number of carbonyl (C=O) groups is 1. The van der Waals surface area contributed by atoms with Gasteiger partial charge in [0.05, 0.1) is 11.0 Å². The number of benzene rings is 1. The third kappa shape index (κ3) is 5.92. The van der Waals surface area contributed by atoms with Gasteiger partial charge >= 0.3 is 6.09 Å². The van der Waals surface area contributed by atoms with Crippen LogP contribution in [0.4, 0.5) is 9.18 Å². The fourth-order valence-electron chi connectivity index (χ4n) is 1.22. The highest BCUT2D eigenvalue weighted by Crippen LogP contribution is 2.27. The normalized spacial score (nSPS) is 11.0. The van der Waals surface area contributed by atoms with Crippen molar-refractivity contribution in [2.45, 2.75) is 26.4 Å². The number of amides is 1. The lowest BCUT2D eigenvalue weighted by molar-refractivity contribution is 0.0520. The van der Waals surface area contributed by atoms with E-state index in [1.165, 1.54) is 6.07 Å². The van der Waals surface area contributed by atoms with Crippen LogP contribution >= 0.6 is 15.9 Å². The van der Waals surface area contributed by atoms with Gasteiger partial charge in [0.2, 0.25) is 0 Å². The van der Waals surface area contributed by atoms with E-state index in [1.807, 2.05) is 0 Å². The maximum absolute atomic E-state index is 13.2. The third-order valence-corrected chi connectivity index (χ3v) is 2.71.